The van der Waals surface area contributed by atoms with Gasteiger partial charge >= 0.3 is 0 Å². The van der Waals surface area contributed by atoms with Gasteiger partial charge in [-0.05, 0) is 48.4 Å². The highest BCUT2D eigenvalue weighted by Gasteiger charge is 2.49. The van der Waals surface area contributed by atoms with E-state index in [-0.39, 0.29) is 17.3 Å². The number of halogens is 1. The van der Waals surface area contributed by atoms with Crippen molar-refractivity contribution in [2.75, 3.05) is 6.26 Å². The molecule has 0 radical (unpaired) electrons. The fourth-order valence-corrected chi connectivity index (χ4v) is 4.15. The van der Waals surface area contributed by atoms with Crippen molar-refractivity contribution in [1.29, 1.82) is 0 Å². The smallest absolute Gasteiger partial charge is 0.208 e. The van der Waals surface area contributed by atoms with Crippen molar-refractivity contribution in [2.24, 2.45) is 11.3 Å². The molecule has 1 aromatic carbocycles. The summed E-state index contributed by atoms with van der Waals surface area (Å²) in [6.45, 7) is 4.12. The summed E-state index contributed by atoms with van der Waals surface area (Å²) in [6, 6.07) is 7.88. The van der Waals surface area contributed by atoms with E-state index in [4.69, 9.17) is 4.52 Å². The molecule has 7 heteroatoms. The number of nitrogens with zero attached hydrogens (tertiary/aromatic N) is 1. The maximum atomic E-state index is 13.0. The minimum absolute atomic E-state index is 0.0547. The number of benzene rings is 1. The van der Waals surface area contributed by atoms with Gasteiger partial charge in [-0.15, -0.1) is 0 Å². The minimum atomic E-state index is -3.20. The van der Waals surface area contributed by atoms with E-state index in [1.54, 1.807) is 12.1 Å². The normalized spacial score (nSPS) is 23.0. The lowest BCUT2D eigenvalue weighted by molar-refractivity contribution is 0.0271. The van der Waals surface area contributed by atoms with E-state index >= 15 is 0 Å². The lowest BCUT2D eigenvalue weighted by Gasteiger charge is -2.52. The van der Waals surface area contributed by atoms with Crippen LogP contribution in [0.3, 0.4) is 0 Å². The van der Waals surface area contributed by atoms with Crippen LogP contribution in [0.15, 0.2) is 34.9 Å². The molecule has 0 amide bonds. The first-order valence-electron chi connectivity index (χ1n) is 7.84. The summed E-state index contributed by atoms with van der Waals surface area (Å²) in [5.41, 5.74) is 1.46. The van der Waals surface area contributed by atoms with Gasteiger partial charge in [-0.3, -0.25) is 0 Å². The second-order valence-corrected chi connectivity index (χ2v) is 8.87. The van der Waals surface area contributed by atoms with E-state index in [9.17, 15) is 12.8 Å². The van der Waals surface area contributed by atoms with Crippen molar-refractivity contribution in [3.05, 3.63) is 41.8 Å². The highest BCUT2D eigenvalue weighted by atomic mass is 32.2. The van der Waals surface area contributed by atoms with Gasteiger partial charge in [-0.25, -0.2) is 17.5 Å². The minimum Gasteiger partial charge on any atom is -0.356 e. The van der Waals surface area contributed by atoms with Gasteiger partial charge in [-0.1, -0.05) is 19.0 Å². The average molecular weight is 352 g/mol. The number of aromatic nitrogens is 1. The van der Waals surface area contributed by atoms with Crippen LogP contribution in [0.5, 0.6) is 0 Å². The van der Waals surface area contributed by atoms with E-state index < -0.39 is 10.0 Å². The van der Waals surface area contributed by atoms with E-state index in [1.165, 1.54) is 18.4 Å². The molecule has 1 heterocycles. The van der Waals surface area contributed by atoms with E-state index in [0.29, 0.717) is 11.7 Å². The monoisotopic (exact) mass is 352 g/mol. The average Bonchev–Trinajstić information content (AvgIpc) is 2.94. The van der Waals surface area contributed by atoms with Gasteiger partial charge < -0.3 is 4.52 Å². The van der Waals surface area contributed by atoms with Gasteiger partial charge in [0.15, 0.2) is 5.76 Å². The Kier molecular flexibility index (Phi) is 4.25. The Hall–Kier alpha value is -1.73. The summed E-state index contributed by atoms with van der Waals surface area (Å²) in [7, 11) is -3.20. The second kappa shape index (κ2) is 5.97. The Morgan fingerprint density at radius 3 is 2.58 bits per heavy atom. The molecule has 0 saturated heterocycles. The Labute approximate surface area is 141 Å². The van der Waals surface area contributed by atoms with Crippen LogP contribution in [0.1, 0.15) is 26.0 Å². The first kappa shape index (κ1) is 17.1. The number of nitrogens with one attached hydrogen (secondary N) is 1. The quantitative estimate of drug-likeness (QED) is 0.898. The van der Waals surface area contributed by atoms with Gasteiger partial charge in [0.25, 0.3) is 0 Å². The lowest BCUT2D eigenvalue weighted by Crippen LogP contribution is -2.58. The maximum absolute atomic E-state index is 13.0. The van der Waals surface area contributed by atoms with Crippen molar-refractivity contribution in [1.82, 2.24) is 9.88 Å². The van der Waals surface area contributed by atoms with Gasteiger partial charge in [-0.2, -0.15) is 0 Å². The molecule has 0 aliphatic heterocycles. The van der Waals surface area contributed by atoms with Crippen molar-refractivity contribution in [3.8, 4) is 11.3 Å². The van der Waals surface area contributed by atoms with E-state index in [0.717, 1.165) is 24.1 Å². The maximum Gasteiger partial charge on any atom is 0.208 e. The van der Waals surface area contributed by atoms with Crippen LogP contribution in [0.4, 0.5) is 4.39 Å². The van der Waals surface area contributed by atoms with Crippen molar-refractivity contribution >= 4 is 10.0 Å². The molecule has 1 saturated carbocycles. The molecule has 1 aliphatic rings. The first-order chi connectivity index (χ1) is 11.1. The van der Waals surface area contributed by atoms with Gasteiger partial charge in [0, 0.05) is 17.7 Å². The number of rotatable bonds is 5. The molecule has 130 valence electrons. The topological polar surface area (TPSA) is 72.2 Å². The summed E-state index contributed by atoms with van der Waals surface area (Å²) >= 11 is 0. The molecule has 1 aromatic heterocycles. The van der Waals surface area contributed by atoms with Crippen molar-refractivity contribution in [2.45, 2.75) is 32.7 Å². The molecule has 3 rings (SSSR count). The molecule has 2 unspecified atom stereocenters. The predicted octanol–water partition coefficient (Wildman–Crippen LogP) is 2.99. The number of sulfonamides is 1. The molecule has 5 nitrogen and oxygen atoms in total. The van der Waals surface area contributed by atoms with Crippen LogP contribution >= 0.6 is 0 Å². The molecule has 0 bridgehead atoms. The Morgan fingerprint density at radius 2 is 2.00 bits per heavy atom. The molecular formula is C17H21FN2O3S. The van der Waals surface area contributed by atoms with Crippen molar-refractivity contribution < 1.29 is 17.3 Å². The highest BCUT2D eigenvalue weighted by Crippen LogP contribution is 2.48. The van der Waals surface area contributed by atoms with Crippen LogP contribution in [0, 0.1) is 17.2 Å². The van der Waals surface area contributed by atoms with Crippen LogP contribution in [-0.4, -0.2) is 25.9 Å². The number of hydrogen-bond donors (Lipinski definition) is 1. The third-order valence-corrected chi connectivity index (χ3v) is 5.68. The summed E-state index contributed by atoms with van der Waals surface area (Å²) in [5.74, 6) is 0.634. The van der Waals surface area contributed by atoms with Crippen LogP contribution in [0.2, 0.25) is 0 Å². The SMILES string of the molecule is CC1(C)C(Cc2cc(-c3ccc(F)cc3)on2)CC1NS(C)(=O)=O. The van der Waals surface area contributed by atoms with E-state index in [2.05, 4.69) is 23.7 Å². The largest absolute Gasteiger partial charge is 0.356 e. The molecule has 1 fully saturated rings. The summed E-state index contributed by atoms with van der Waals surface area (Å²) in [5, 5.41) is 4.09. The Balaban J connectivity index is 1.67. The fourth-order valence-electron chi connectivity index (χ4n) is 3.23. The van der Waals surface area contributed by atoms with Crippen LogP contribution in [-0.2, 0) is 16.4 Å². The van der Waals surface area contributed by atoms with Gasteiger partial charge in [0.1, 0.15) is 5.82 Å². The molecule has 1 aliphatic carbocycles. The van der Waals surface area contributed by atoms with Crippen LogP contribution in [0.25, 0.3) is 11.3 Å². The summed E-state index contributed by atoms with van der Waals surface area (Å²) in [4.78, 5) is 0. The lowest BCUT2D eigenvalue weighted by atomic mass is 9.57. The number of hydrogen-bond acceptors (Lipinski definition) is 4. The van der Waals surface area contributed by atoms with Gasteiger partial charge in [0.2, 0.25) is 10.0 Å². The summed E-state index contributed by atoms with van der Waals surface area (Å²) < 4.78 is 43.8. The molecule has 2 atom stereocenters. The second-order valence-electron chi connectivity index (χ2n) is 7.09. The molecule has 0 spiro atoms. The van der Waals surface area contributed by atoms with Gasteiger partial charge in [0.05, 0.1) is 11.9 Å². The first-order valence-corrected chi connectivity index (χ1v) is 9.73. The molecular weight excluding hydrogens is 331 g/mol. The zero-order valence-electron chi connectivity index (χ0n) is 13.9. The standard InChI is InChI=1S/C17H21FN2O3S/c1-17(2)12(9-16(17)20-24(3,21)22)8-14-10-15(23-19-14)11-4-6-13(18)7-5-11/h4-7,10,12,16,20H,8-9H2,1-3H3. The van der Waals surface area contributed by atoms with Crippen LogP contribution < -0.4 is 4.72 Å². The fraction of sp³-hybridized carbons (Fsp3) is 0.471. The summed E-state index contributed by atoms with van der Waals surface area (Å²) in [6.07, 6.45) is 2.68. The third kappa shape index (κ3) is 3.52. The third-order valence-electron chi connectivity index (χ3n) is 4.97. The Morgan fingerprint density at radius 1 is 1.33 bits per heavy atom. The highest BCUT2D eigenvalue weighted by molar-refractivity contribution is 7.88. The molecule has 24 heavy (non-hydrogen) atoms. The molecule has 2 aromatic rings. The molecule has 1 N–H and O–H groups in total. The van der Waals surface area contributed by atoms with E-state index in [1.807, 2.05) is 6.07 Å². The predicted molar refractivity (Wildman–Crippen MR) is 89.3 cm³/mol. The zero-order valence-corrected chi connectivity index (χ0v) is 14.7. The Bertz CT molecular complexity index is 828. The van der Waals surface area contributed by atoms with Crippen molar-refractivity contribution in [3.63, 3.8) is 0 Å². The zero-order chi connectivity index (χ0) is 17.5.